The molecule has 0 saturated heterocycles. The third-order valence-corrected chi connectivity index (χ3v) is 4.68. The molecule has 0 bridgehead atoms. The SMILES string of the molecule is CCN(CC(O)COCc1ccc(OC)cc1)C1CCCCC1. The summed E-state index contributed by atoms with van der Waals surface area (Å²) in [5.74, 6) is 0.847. The molecule has 130 valence electrons. The zero-order valence-corrected chi connectivity index (χ0v) is 14.5. The molecule has 0 radical (unpaired) electrons. The molecule has 1 aliphatic rings. The number of aliphatic hydroxyl groups excluding tert-OH is 1. The molecule has 1 aliphatic carbocycles. The zero-order chi connectivity index (χ0) is 16.5. The highest BCUT2D eigenvalue weighted by Crippen LogP contribution is 2.22. The molecule has 1 saturated carbocycles. The largest absolute Gasteiger partial charge is 0.497 e. The van der Waals surface area contributed by atoms with Crippen LogP contribution in [-0.2, 0) is 11.3 Å². The smallest absolute Gasteiger partial charge is 0.118 e. The van der Waals surface area contributed by atoms with Crippen LogP contribution in [-0.4, -0.2) is 49.0 Å². The normalized spacial score (nSPS) is 17.4. The highest BCUT2D eigenvalue weighted by molar-refractivity contribution is 5.26. The highest BCUT2D eigenvalue weighted by atomic mass is 16.5. The van der Waals surface area contributed by atoms with E-state index < -0.39 is 6.10 Å². The fourth-order valence-electron chi connectivity index (χ4n) is 3.34. The summed E-state index contributed by atoms with van der Waals surface area (Å²) in [4.78, 5) is 2.42. The van der Waals surface area contributed by atoms with Crippen molar-refractivity contribution in [2.75, 3.05) is 26.8 Å². The summed E-state index contributed by atoms with van der Waals surface area (Å²) in [6, 6.07) is 8.48. The van der Waals surface area contributed by atoms with E-state index in [4.69, 9.17) is 9.47 Å². The number of nitrogens with zero attached hydrogens (tertiary/aromatic N) is 1. The Balaban J connectivity index is 1.69. The van der Waals surface area contributed by atoms with Crippen LogP contribution in [0.3, 0.4) is 0 Å². The second-order valence-corrected chi connectivity index (χ2v) is 6.40. The Kier molecular flexibility index (Phi) is 7.86. The topological polar surface area (TPSA) is 41.9 Å². The summed E-state index contributed by atoms with van der Waals surface area (Å²) in [6.45, 7) is 4.80. The van der Waals surface area contributed by atoms with E-state index >= 15 is 0 Å². The molecule has 4 nitrogen and oxygen atoms in total. The highest BCUT2D eigenvalue weighted by Gasteiger charge is 2.21. The molecule has 4 heteroatoms. The summed E-state index contributed by atoms with van der Waals surface area (Å²) < 4.78 is 10.8. The summed E-state index contributed by atoms with van der Waals surface area (Å²) in [5.41, 5.74) is 1.10. The molecule has 1 aromatic carbocycles. The lowest BCUT2D eigenvalue weighted by atomic mass is 9.94. The van der Waals surface area contributed by atoms with Crippen molar-refractivity contribution in [1.82, 2.24) is 4.90 Å². The van der Waals surface area contributed by atoms with Crippen molar-refractivity contribution >= 4 is 0 Å². The van der Waals surface area contributed by atoms with Crippen molar-refractivity contribution in [3.8, 4) is 5.75 Å². The molecule has 1 fully saturated rings. The minimum absolute atomic E-state index is 0.384. The Morgan fingerprint density at radius 1 is 1.17 bits per heavy atom. The summed E-state index contributed by atoms with van der Waals surface area (Å²) in [6.07, 6.45) is 6.13. The van der Waals surface area contributed by atoms with Crippen LogP contribution in [0.25, 0.3) is 0 Å². The molecule has 2 rings (SSSR count). The van der Waals surface area contributed by atoms with Gasteiger partial charge >= 0.3 is 0 Å². The summed E-state index contributed by atoms with van der Waals surface area (Å²) in [5, 5.41) is 10.3. The lowest BCUT2D eigenvalue weighted by molar-refractivity contribution is 0.0000406. The molecular weight excluding hydrogens is 290 g/mol. The minimum Gasteiger partial charge on any atom is -0.497 e. The van der Waals surface area contributed by atoms with Crippen LogP contribution < -0.4 is 4.74 Å². The van der Waals surface area contributed by atoms with Gasteiger partial charge in [0.05, 0.1) is 26.4 Å². The molecule has 1 unspecified atom stereocenters. The molecule has 1 atom stereocenters. The fourth-order valence-corrected chi connectivity index (χ4v) is 3.34. The molecule has 23 heavy (non-hydrogen) atoms. The lowest BCUT2D eigenvalue weighted by Crippen LogP contribution is -2.42. The first-order valence-electron chi connectivity index (χ1n) is 8.85. The number of aliphatic hydroxyl groups is 1. The average Bonchev–Trinajstić information content (AvgIpc) is 2.61. The van der Waals surface area contributed by atoms with Gasteiger partial charge in [-0.1, -0.05) is 38.3 Å². The van der Waals surface area contributed by atoms with E-state index in [1.54, 1.807) is 7.11 Å². The van der Waals surface area contributed by atoms with Crippen molar-refractivity contribution < 1.29 is 14.6 Å². The van der Waals surface area contributed by atoms with Crippen LogP contribution in [0.15, 0.2) is 24.3 Å². The standard InChI is InChI=1S/C19H31NO3/c1-3-20(17-7-5-4-6-8-17)13-18(21)15-23-14-16-9-11-19(22-2)12-10-16/h9-12,17-18,21H,3-8,13-15H2,1-2H3. The maximum absolute atomic E-state index is 10.3. The van der Waals surface area contributed by atoms with Crippen LogP contribution >= 0.6 is 0 Å². The molecule has 0 spiro atoms. The second kappa shape index (κ2) is 9.91. The molecule has 0 amide bonds. The first-order chi connectivity index (χ1) is 11.2. The van der Waals surface area contributed by atoms with Gasteiger partial charge < -0.3 is 14.6 Å². The van der Waals surface area contributed by atoms with Crippen LogP contribution in [0.2, 0.25) is 0 Å². The Morgan fingerprint density at radius 3 is 2.48 bits per heavy atom. The van der Waals surface area contributed by atoms with Crippen molar-refractivity contribution in [1.29, 1.82) is 0 Å². The molecular formula is C19H31NO3. The van der Waals surface area contributed by atoms with Gasteiger partial charge in [0.25, 0.3) is 0 Å². The molecule has 1 N–H and O–H groups in total. The van der Waals surface area contributed by atoms with Gasteiger partial charge in [0.2, 0.25) is 0 Å². The van der Waals surface area contributed by atoms with Gasteiger partial charge in [-0.05, 0) is 37.1 Å². The van der Waals surface area contributed by atoms with Crippen LogP contribution in [0, 0.1) is 0 Å². The van der Waals surface area contributed by atoms with E-state index in [0.29, 0.717) is 25.8 Å². The first kappa shape index (κ1) is 18.2. The maximum Gasteiger partial charge on any atom is 0.118 e. The number of ether oxygens (including phenoxy) is 2. The fraction of sp³-hybridized carbons (Fsp3) is 0.684. The van der Waals surface area contributed by atoms with Crippen molar-refractivity contribution in [2.24, 2.45) is 0 Å². The van der Waals surface area contributed by atoms with E-state index in [2.05, 4.69) is 11.8 Å². The first-order valence-corrected chi connectivity index (χ1v) is 8.85. The molecule has 0 heterocycles. The Morgan fingerprint density at radius 2 is 1.87 bits per heavy atom. The monoisotopic (exact) mass is 321 g/mol. The summed E-state index contributed by atoms with van der Waals surface area (Å²) in [7, 11) is 1.66. The maximum atomic E-state index is 10.3. The minimum atomic E-state index is -0.421. The molecule has 0 aliphatic heterocycles. The van der Waals surface area contributed by atoms with Gasteiger partial charge in [0.15, 0.2) is 0 Å². The van der Waals surface area contributed by atoms with E-state index in [0.717, 1.165) is 17.9 Å². The quantitative estimate of drug-likeness (QED) is 0.758. The Labute approximate surface area is 140 Å². The number of methoxy groups -OCH3 is 1. The van der Waals surface area contributed by atoms with E-state index in [9.17, 15) is 5.11 Å². The van der Waals surface area contributed by atoms with Crippen LogP contribution in [0.5, 0.6) is 5.75 Å². The van der Waals surface area contributed by atoms with Gasteiger partial charge in [-0.25, -0.2) is 0 Å². The van der Waals surface area contributed by atoms with Gasteiger partial charge in [0.1, 0.15) is 5.75 Å². The predicted molar refractivity (Wildman–Crippen MR) is 92.8 cm³/mol. The van der Waals surface area contributed by atoms with Crippen LogP contribution in [0.1, 0.15) is 44.6 Å². The predicted octanol–water partition coefficient (Wildman–Crippen LogP) is 3.23. The second-order valence-electron chi connectivity index (χ2n) is 6.40. The van der Waals surface area contributed by atoms with Crippen molar-refractivity contribution in [3.63, 3.8) is 0 Å². The summed E-state index contributed by atoms with van der Waals surface area (Å²) >= 11 is 0. The van der Waals surface area contributed by atoms with Gasteiger partial charge in [0, 0.05) is 12.6 Å². The third-order valence-electron chi connectivity index (χ3n) is 4.68. The lowest BCUT2D eigenvalue weighted by Gasteiger charge is -2.34. The number of rotatable bonds is 9. The van der Waals surface area contributed by atoms with E-state index in [1.807, 2.05) is 24.3 Å². The number of benzene rings is 1. The van der Waals surface area contributed by atoms with Crippen molar-refractivity contribution in [2.45, 2.75) is 57.8 Å². The number of hydrogen-bond acceptors (Lipinski definition) is 4. The van der Waals surface area contributed by atoms with Crippen LogP contribution in [0.4, 0.5) is 0 Å². The van der Waals surface area contributed by atoms with Gasteiger partial charge in [-0.15, -0.1) is 0 Å². The molecule has 0 aromatic heterocycles. The van der Waals surface area contributed by atoms with Gasteiger partial charge in [-0.3, -0.25) is 4.90 Å². The Bertz CT molecular complexity index is 429. The zero-order valence-electron chi connectivity index (χ0n) is 14.5. The third kappa shape index (κ3) is 6.13. The van der Waals surface area contributed by atoms with Gasteiger partial charge in [-0.2, -0.15) is 0 Å². The van der Waals surface area contributed by atoms with E-state index in [1.165, 1.54) is 32.1 Å². The van der Waals surface area contributed by atoms with Crippen molar-refractivity contribution in [3.05, 3.63) is 29.8 Å². The molecule has 1 aromatic rings. The van der Waals surface area contributed by atoms with E-state index in [-0.39, 0.29) is 0 Å². The number of hydrogen-bond donors (Lipinski definition) is 1. The average molecular weight is 321 g/mol. The Hall–Kier alpha value is -1.10. The number of likely N-dealkylation sites (N-methyl/N-ethyl adjacent to an activating group) is 1.